The van der Waals surface area contributed by atoms with Crippen LogP contribution in [0.2, 0.25) is 0 Å². The molecule has 0 aliphatic carbocycles. The van der Waals surface area contributed by atoms with Gasteiger partial charge in [-0.2, -0.15) is 0 Å². The lowest BCUT2D eigenvalue weighted by Crippen LogP contribution is -2.42. The number of piperidine rings is 1. The van der Waals surface area contributed by atoms with E-state index in [-0.39, 0.29) is 29.1 Å². The van der Waals surface area contributed by atoms with E-state index in [1.165, 1.54) is 4.52 Å². The zero-order chi connectivity index (χ0) is 24.1. The van der Waals surface area contributed by atoms with Gasteiger partial charge in [-0.25, -0.2) is 17.9 Å². The van der Waals surface area contributed by atoms with E-state index in [9.17, 15) is 18.0 Å². The van der Waals surface area contributed by atoms with Gasteiger partial charge >= 0.3 is 0 Å². The van der Waals surface area contributed by atoms with Gasteiger partial charge in [-0.05, 0) is 51.7 Å². The van der Waals surface area contributed by atoms with Crippen molar-refractivity contribution in [3.8, 4) is 0 Å². The minimum absolute atomic E-state index is 0.129. The number of aromatic amines is 1. The first-order chi connectivity index (χ1) is 15.5. The number of carbonyl (C=O) groups excluding carboxylic acids is 1. The van der Waals surface area contributed by atoms with Gasteiger partial charge in [-0.15, -0.1) is 0 Å². The number of H-pyrrole nitrogens is 1. The molecule has 1 saturated heterocycles. The minimum atomic E-state index is -3.56. The summed E-state index contributed by atoms with van der Waals surface area (Å²) >= 11 is 0. The van der Waals surface area contributed by atoms with E-state index >= 15 is 0 Å². The molecule has 3 heterocycles. The van der Waals surface area contributed by atoms with E-state index in [4.69, 9.17) is 0 Å². The van der Waals surface area contributed by atoms with Crippen molar-refractivity contribution < 1.29 is 13.2 Å². The van der Waals surface area contributed by atoms with Crippen LogP contribution in [0, 0.1) is 26.7 Å². The van der Waals surface area contributed by atoms with Gasteiger partial charge in [0.2, 0.25) is 10.0 Å². The fraction of sp³-hybridized carbons (Fsp3) is 0.435. The highest BCUT2D eigenvalue weighted by molar-refractivity contribution is 7.92. The third-order valence-corrected chi connectivity index (χ3v) is 6.91. The molecule has 1 fully saturated rings. The van der Waals surface area contributed by atoms with Crippen molar-refractivity contribution in [1.29, 1.82) is 0 Å². The number of sulfonamides is 1. The second-order valence-corrected chi connectivity index (χ2v) is 10.8. The molecule has 1 aliphatic heterocycles. The Kier molecular flexibility index (Phi) is 5.81. The van der Waals surface area contributed by atoms with Gasteiger partial charge in [0.1, 0.15) is 0 Å². The number of likely N-dealkylation sites (tertiary alicyclic amines) is 1. The number of hydrogen-bond donors (Lipinski definition) is 2. The molecule has 33 heavy (non-hydrogen) atoms. The number of anilines is 1. The molecule has 0 unspecified atom stereocenters. The Morgan fingerprint density at radius 2 is 1.94 bits per heavy atom. The number of aromatic nitrogens is 3. The molecule has 0 spiro atoms. The molecule has 176 valence electrons. The monoisotopic (exact) mass is 471 g/mol. The average Bonchev–Trinajstić information content (AvgIpc) is 3.15. The molecule has 0 radical (unpaired) electrons. The zero-order valence-corrected chi connectivity index (χ0v) is 20.3. The van der Waals surface area contributed by atoms with Crippen molar-refractivity contribution in [3.63, 3.8) is 0 Å². The van der Waals surface area contributed by atoms with Crippen molar-refractivity contribution in [2.45, 2.75) is 46.6 Å². The third-order valence-electron chi connectivity index (χ3n) is 6.32. The number of carbonyl (C=O) groups is 1. The molecule has 1 aromatic carbocycles. The molecule has 1 aliphatic rings. The Bertz CT molecular complexity index is 1410. The standard InChI is InChI=1S/C23H29N5O4S/c1-13-8-9-18(26-33(5,31)32)17(11-13)23(30)27-10-6-7-14(2)21(27)19-12-20-24-16(4)15(3)22(29)28(20)25-19/h8-9,11-12,14,21,25-26H,6-7,10H2,1-5H3/t14-,21-/m0/s1. The number of hydrogen-bond acceptors (Lipinski definition) is 5. The Balaban J connectivity index is 1.80. The molecule has 4 rings (SSSR count). The number of aryl methyl sites for hydroxylation is 2. The number of nitrogens with one attached hydrogen (secondary N) is 2. The van der Waals surface area contributed by atoms with Crippen LogP contribution in [0.1, 0.15) is 58.7 Å². The maximum Gasteiger partial charge on any atom is 0.275 e. The first kappa shape index (κ1) is 23.0. The summed E-state index contributed by atoms with van der Waals surface area (Å²) in [6.07, 6.45) is 2.82. The number of rotatable bonds is 4. The van der Waals surface area contributed by atoms with E-state index in [0.717, 1.165) is 30.4 Å². The van der Waals surface area contributed by atoms with Crippen LogP contribution < -0.4 is 10.3 Å². The highest BCUT2D eigenvalue weighted by atomic mass is 32.2. The van der Waals surface area contributed by atoms with Crippen molar-refractivity contribution in [2.24, 2.45) is 5.92 Å². The third kappa shape index (κ3) is 4.39. The fourth-order valence-corrected chi connectivity index (χ4v) is 5.14. The van der Waals surface area contributed by atoms with E-state index in [1.54, 1.807) is 36.9 Å². The predicted octanol–water partition coefficient (Wildman–Crippen LogP) is 2.93. The van der Waals surface area contributed by atoms with Gasteiger partial charge in [0.25, 0.3) is 11.5 Å². The van der Waals surface area contributed by atoms with Gasteiger partial charge < -0.3 is 4.90 Å². The highest BCUT2D eigenvalue weighted by Gasteiger charge is 2.36. The van der Waals surface area contributed by atoms with E-state index in [1.807, 2.05) is 13.0 Å². The second kappa shape index (κ2) is 8.33. The summed E-state index contributed by atoms with van der Waals surface area (Å²) < 4.78 is 27.6. The van der Waals surface area contributed by atoms with Crippen molar-refractivity contribution in [2.75, 3.05) is 17.5 Å². The van der Waals surface area contributed by atoms with E-state index in [2.05, 4.69) is 21.7 Å². The lowest BCUT2D eigenvalue weighted by Gasteiger charge is -2.39. The highest BCUT2D eigenvalue weighted by Crippen LogP contribution is 2.37. The number of benzene rings is 1. The van der Waals surface area contributed by atoms with Crippen LogP contribution in [0.4, 0.5) is 5.69 Å². The Morgan fingerprint density at radius 1 is 1.21 bits per heavy atom. The quantitative estimate of drug-likeness (QED) is 0.607. The molecule has 0 bridgehead atoms. The first-order valence-electron chi connectivity index (χ1n) is 10.9. The molecule has 1 amide bonds. The van der Waals surface area contributed by atoms with Crippen LogP contribution in [0.15, 0.2) is 29.1 Å². The first-order valence-corrected chi connectivity index (χ1v) is 12.8. The average molecular weight is 472 g/mol. The van der Waals surface area contributed by atoms with Gasteiger partial charge in [-0.1, -0.05) is 18.6 Å². The molecule has 9 nitrogen and oxygen atoms in total. The number of nitrogens with zero attached hydrogens (tertiary/aromatic N) is 3. The van der Waals surface area contributed by atoms with E-state index < -0.39 is 10.0 Å². The summed E-state index contributed by atoms with van der Waals surface area (Å²) in [6.45, 7) is 8.00. The molecule has 2 aromatic heterocycles. The Labute approximate surface area is 192 Å². The summed E-state index contributed by atoms with van der Waals surface area (Å²) in [5, 5.41) is 3.17. The van der Waals surface area contributed by atoms with Crippen molar-refractivity contribution in [1.82, 2.24) is 19.5 Å². The summed E-state index contributed by atoms with van der Waals surface area (Å²) in [7, 11) is -3.56. The van der Waals surface area contributed by atoms with Gasteiger partial charge in [0.05, 0.1) is 29.2 Å². The molecule has 2 N–H and O–H groups in total. The van der Waals surface area contributed by atoms with Crippen LogP contribution in [0.25, 0.3) is 5.65 Å². The molecule has 3 aromatic rings. The van der Waals surface area contributed by atoms with Crippen LogP contribution in [-0.4, -0.2) is 46.6 Å². The topological polar surface area (TPSA) is 117 Å². The van der Waals surface area contributed by atoms with Crippen LogP contribution in [0.3, 0.4) is 0 Å². The smallest absolute Gasteiger partial charge is 0.275 e. The molecule has 0 saturated carbocycles. The summed E-state index contributed by atoms with van der Waals surface area (Å²) in [4.78, 5) is 32.8. The molecular weight excluding hydrogens is 442 g/mol. The summed E-state index contributed by atoms with van der Waals surface area (Å²) in [5.74, 6) is -0.127. The van der Waals surface area contributed by atoms with Crippen molar-refractivity contribution >= 4 is 27.3 Å². The van der Waals surface area contributed by atoms with E-state index in [0.29, 0.717) is 29.0 Å². The lowest BCUT2D eigenvalue weighted by molar-refractivity contribution is 0.0505. The minimum Gasteiger partial charge on any atom is -0.330 e. The predicted molar refractivity (Wildman–Crippen MR) is 127 cm³/mol. The Morgan fingerprint density at radius 3 is 2.64 bits per heavy atom. The second-order valence-electron chi connectivity index (χ2n) is 9.02. The largest absolute Gasteiger partial charge is 0.330 e. The van der Waals surface area contributed by atoms with Gasteiger partial charge in [-0.3, -0.25) is 19.4 Å². The summed E-state index contributed by atoms with van der Waals surface area (Å²) in [5.41, 5.74) is 3.74. The van der Waals surface area contributed by atoms with Gasteiger partial charge in [0.15, 0.2) is 5.65 Å². The van der Waals surface area contributed by atoms with Crippen LogP contribution in [0.5, 0.6) is 0 Å². The SMILES string of the molecule is Cc1ccc(NS(C)(=O)=O)c(C(=O)N2CCC[C@H](C)[C@H]2c2cc3nc(C)c(C)c(=O)n3[nH]2)c1. The maximum absolute atomic E-state index is 13.8. The fourth-order valence-electron chi connectivity index (χ4n) is 4.56. The normalized spacial score (nSPS) is 19.1. The Hall–Kier alpha value is -3.14. The number of fused-ring (bicyclic) bond motifs is 1. The lowest BCUT2D eigenvalue weighted by atomic mass is 9.88. The van der Waals surface area contributed by atoms with Gasteiger partial charge in [0, 0.05) is 23.9 Å². The molecular formula is C23H29N5O4S. The molecule has 10 heteroatoms. The summed E-state index contributed by atoms with van der Waals surface area (Å²) in [6, 6.07) is 6.60. The maximum atomic E-state index is 13.8. The zero-order valence-electron chi connectivity index (χ0n) is 19.5. The molecule has 2 atom stereocenters. The number of amides is 1. The van der Waals surface area contributed by atoms with Crippen LogP contribution in [-0.2, 0) is 10.0 Å². The van der Waals surface area contributed by atoms with Crippen LogP contribution >= 0.6 is 0 Å². The van der Waals surface area contributed by atoms with Crippen molar-refractivity contribution in [3.05, 3.63) is 62.7 Å².